The van der Waals surface area contributed by atoms with Gasteiger partial charge in [-0.15, -0.1) is 0 Å². The van der Waals surface area contributed by atoms with Gasteiger partial charge in [0.05, 0.1) is 0 Å². The average molecular weight is 235 g/mol. The first-order chi connectivity index (χ1) is 6.20. The highest BCUT2D eigenvalue weighted by Crippen LogP contribution is 2.34. The van der Waals surface area contributed by atoms with Gasteiger partial charge in [0, 0.05) is 17.5 Å². The minimum Gasteiger partial charge on any atom is -1.00 e. The van der Waals surface area contributed by atoms with E-state index in [1.165, 1.54) is 0 Å². The van der Waals surface area contributed by atoms with Crippen molar-refractivity contribution in [1.82, 2.24) is 5.32 Å². The second-order valence-corrected chi connectivity index (χ2v) is 5.76. The van der Waals surface area contributed by atoms with Crippen molar-refractivity contribution >= 4 is 5.97 Å². The number of halogens is 1. The van der Waals surface area contributed by atoms with Crippen molar-refractivity contribution in [3.63, 3.8) is 0 Å². The summed E-state index contributed by atoms with van der Waals surface area (Å²) in [6.07, 6.45) is 2.19. The Morgan fingerprint density at radius 2 is 1.67 bits per heavy atom. The highest BCUT2D eigenvalue weighted by Gasteiger charge is 2.38. The number of carboxylic acids is 1. The Kier molecular flexibility index (Phi) is 4.62. The van der Waals surface area contributed by atoms with E-state index in [2.05, 4.69) is 33.0 Å². The molecule has 0 bridgehead atoms. The van der Waals surface area contributed by atoms with Gasteiger partial charge in [0.25, 0.3) is 0 Å². The first-order valence-corrected chi connectivity index (χ1v) is 5.21. The number of piperidine rings is 1. The van der Waals surface area contributed by atoms with E-state index in [4.69, 9.17) is 5.11 Å². The summed E-state index contributed by atoms with van der Waals surface area (Å²) >= 11 is 0. The topological polar surface area (TPSA) is 49.3 Å². The lowest BCUT2D eigenvalue weighted by Gasteiger charge is -2.46. The lowest BCUT2D eigenvalue weighted by molar-refractivity contribution is -0.138. The van der Waals surface area contributed by atoms with Crippen LogP contribution in [0.2, 0.25) is 0 Å². The van der Waals surface area contributed by atoms with E-state index in [0.717, 1.165) is 12.8 Å². The van der Waals surface area contributed by atoms with E-state index in [-0.39, 0.29) is 23.5 Å². The zero-order valence-electron chi connectivity index (χ0n) is 9.93. The van der Waals surface area contributed by atoms with Crippen molar-refractivity contribution in [3.8, 4) is 0 Å². The molecule has 1 heterocycles. The van der Waals surface area contributed by atoms with Gasteiger partial charge in [-0.3, -0.25) is 4.79 Å². The first-order valence-electron chi connectivity index (χ1n) is 5.21. The molecule has 0 aromatic heterocycles. The first kappa shape index (κ1) is 14.7. The fraction of sp³-hybridized carbons (Fsp3) is 0.909. The minimum absolute atomic E-state index is 0. The Balaban J connectivity index is 0.00000196. The Hall–Kier alpha value is -0.280. The molecule has 0 atom stereocenters. The molecule has 4 heteroatoms. The highest BCUT2D eigenvalue weighted by atomic mass is 35.5. The van der Waals surface area contributed by atoms with Crippen LogP contribution in [0.3, 0.4) is 0 Å². The van der Waals surface area contributed by atoms with Crippen molar-refractivity contribution in [2.24, 2.45) is 5.92 Å². The number of hydrogen-bond donors (Lipinski definition) is 2. The Labute approximate surface area is 98.0 Å². The molecule has 1 rings (SSSR count). The molecular formula is C11H21ClNO2-. The Bertz CT molecular complexity index is 223. The predicted molar refractivity (Wildman–Crippen MR) is 56.3 cm³/mol. The Morgan fingerprint density at radius 3 is 2.00 bits per heavy atom. The second-order valence-electron chi connectivity index (χ2n) is 5.76. The van der Waals surface area contributed by atoms with Crippen LogP contribution in [-0.4, -0.2) is 22.2 Å². The van der Waals surface area contributed by atoms with Gasteiger partial charge in [0.15, 0.2) is 0 Å². The summed E-state index contributed by atoms with van der Waals surface area (Å²) in [6.45, 7) is 8.57. The fourth-order valence-corrected chi connectivity index (χ4v) is 2.92. The normalized spacial score (nSPS) is 24.3. The number of carboxylic acid groups (broad SMARTS) is 1. The Morgan fingerprint density at radius 1 is 1.27 bits per heavy atom. The van der Waals surface area contributed by atoms with Crippen LogP contribution in [0.4, 0.5) is 0 Å². The van der Waals surface area contributed by atoms with Gasteiger partial charge >= 0.3 is 5.97 Å². The third-order valence-electron chi connectivity index (χ3n) is 2.74. The maximum atomic E-state index is 10.7. The predicted octanol–water partition coefficient (Wildman–Crippen LogP) is -0.978. The van der Waals surface area contributed by atoms with Crippen LogP contribution in [0.1, 0.15) is 47.0 Å². The van der Waals surface area contributed by atoms with Crippen molar-refractivity contribution in [2.45, 2.75) is 58.0 Å². The summed E-state index contributed by atoms with van der Waals surface area (Å²) in [5.74, 6) is -0.373. The lowest BCUT2D eigenvalue weighted by atomic mass is 9.75. The molecular weight excluding hydrogens is 214 g/mol. The van der Waals surface area contributed by atoms with Crippen LogP contribution in [0.25, 0.3) is 0 Å². The molecule has 0 aliphatic carbocycles. The standard InChI is InChI=1S/C11H21NO2.ClH/c1-10(2)6-8(5-9(13)14)7-11(3,4)12-10;/h8,12H,5-7H2,1-4H3,(H,13,14);1H/p-1. The van der Waals surface area contributed by atoms with Gasteiger partial charge in [-0.25, -0.2) is 0 Å². The zero-order chi connectivity index (χ0) is 11.0. The molecule has 90 valence electrons. The third kappa shape index (κ3) is 4.85. The van der Waals surface area contributed by atoms with E-state index in [1.54, 1.807) is 0 Å². The zero-order valence-corrected chi connectivity index (χ0v) is 10.7. The van der Waals surface area contributed by atoms with Gasteiger partial charge in [0.2, 0.25) is 0 Å². The summed E-state index contributed by atoms with van der Waals surface area (Å²) in [7, 11) is 0. The van der Waals surface area contributed by atoms with Gasteiger partial charge < -0.3 is 22.8 Å². The van der Waals surface area contributed by atoms with E-state index >= 15 is 0 Å². The molecule has 0 aromatic rings. The monoisotopic (exact) mass is 234 g/mol. The van der Waals surface area contributed by atoms with Crippen molar-refractivity contribution in [2.75, 3.05) is 0 Å². The van der Waals surface area contributed by atoms with Gasteiger partial charge in [-0.05, 0) is 46.5 Å². The van der Waals surface area contributed by atoms with Crippen molar-refractivity contribution < 1.29 is 22.3 Å². The SMILES string of the molecule is CC1(C)CC(CC(=O)O)CC(C)(C)N1.[Cl-]. The van der Waals surface area contributed by atoms with Crippen LogP contribution in [-0.2, 0) is 4.79 Å². The molecule has 0 saturated carbocycles. The van der Waals surface area contributed by atoms with Gasteiger partial charge in [-0.2, -0.15) is 0 Å². The molecule has 0 aromatic carbocycles. The molecule has 1 aliphatic heterocycles. The summed E-state index contributed by atoms with van der Waals surface area (Å²) in [5.41, 5.74) is 0.115. The molecule has 0 spiro atoms. The maximum absolute atomic E-state index is 10.7. The molecule has 0 amide bonds. The van der Waals surface area contributed by atoms with E-state index < -0.39 is 5.97 Å². The number of hydrogen-bond acceptors (Lipinski definition) is 2. The molecule has 15 heavy (non-hydrogen) atoms. The summed E-state index contributed by atoms with van der Waals surface area (Å²) in [5, 5.41) is 12.3. The lowest BCUT2D eigenvalue weighted by Crippen LogP contribution is -3.00. The number of carbonyl (C=O) groups is 1. The number of aliphatic carboxylic acids is 1. The largest absolute Gasteiger partial charge is 1.00 e. The van der Waals surface area contributed by atoms with Crippen LogP contribution in [0.15, 0.2) is 0 Å². The fourth-order valence-electron chi connectivity index (χ4n) is 2.92. The van der Waals surface area contributed by atoms with Crippen LogP contribution >= 0.6 is 0 Å². The maximum Gasteiger partial charge on any atom is 0.303 e. The molecule has 3 nitrogen and oxygen atoms in total. The van der Waals surface area contributed by atoms with Gasteiger partial charge in [-0.1, -0.05) is 0 Å². The number of nitrogens with one attached hydrogen (secondary N) is 1. The third-order valence-corrected chi connectivity index (χ3v) is 2.74. The van der Waals surface area contributed by atoms with Crippen molar-refractivity contribution in [3.05, 3.63) is 0 Å². The summed E-state index contributed by atoms with van der Waals surface area (Å²) < 4.78 is 0. The summed E-state index contributed by atoms with van der Waals surface area (Å²) in [6, 6.07) is 0. The molecule has 1 fully saturated rings. The molecule has 0 unspecified atom stereocenters. The van der Waals surface area contributed by atoms with Crippen molar-refractivity contribution in [1.29, 1.82) is 0 Å². The minimum atomic E-state index is -0.677. The van der Waals surface area contributed by atoms with Crippen LogP contribution in [0, 0.1) is 5.92 Å². The van der Waals surface area contributed by atoms with E-state index in [9.17, 15) is 4.79 Å². The van der Waals surface area contributed by atoms with Gasteiger partial charge in [0.1, 0.15) is 0 Å². The smallest absolute Gasteiger partial charge is 0.303 e. The molecule has 1 aliphatic rings. The molecule has 1 saturated heterocycles. The average Bonchev–Trinajstić information content (AvgIpc) is 1.74. The van der Waals surface area contributed by atoms with E-state index in [1.807, 2.05) is 0 Å². The summed E-state index contributed by atoms with van der Waals surface area (Å²) in [4.78, 5) is 10.7. The van der Waals surface area contributed by atoms with Crippen LogP contribution in [0.5, 0.6) is 0 Å². The van der Waals surface area contributed by atoms with Crippen LogP contribution < -0.4 is 17.7 Å². The number of rotatable bonds is 2. The quantitative estimate of drug-likeness (QED) is 0.646. The second kappa shape index (κ2) is 4.71. The molecule has 2 N–H and O–H groups in total. The van der Waals surface area contributed by atoms with E-state index in [0.29, 0.717) is 12.3 Å². The highest BCUT2D eigenvalue weighted by molar-refractivity contribution is 5.67. The molecule has 0 radical (unpaired) electrons.